The summed E-state index contributed by atoms with van der Waals surface area (Å²) >= 11 is 5.08. The van der Waals surface area contributed by atoms with Crippen LogP contribution < -0.4 is 11.4 Å². The van der Waals surface area contributed by atoms with Crippen LogP contribution in [0.3, 0.4) is 0 Å². The lowest BCUT2D eigenvalue weighted by Gasteiger charge is -2.27. The third kappa shape index (κ3) is 5.58. The van der Waals surface area contributed by atoms with E-state index in [9.17, 15) is 9.69 Å². The minimum atomic E-state index is -3.50. The second-order valence-electron chi connectivity index (χ2n) is 6.26. The molecule has 0 bridgehead atoms. The molecule has 2 rings (SSSR count). The first-order chi connectivity index (χ1) is 13.2. The summed E-state index contributed by atoms with van der Waals surface area (Å²) in [4.78, 5) is 26.6. The van der Waals surface area contributed by atoms with Gasteiger partial charge in [0.05, 0.1) is 25.9 Å². The minimum Gasteiger partial charge on any atom is -0.383 e. The molecule has 5 atom stereocenters. The van der Waals surface area contributed by atoms with Gasteiger partial charge in [0.1, 0.15) is 18.0 Å². The molecule has 12 heteroatoms. The summed E-state index contributed by atoms with van der Waals surface area (Å²) in [6.07, 6.45) is -0.672. The van der Waals surface area contributed by atoms with Crippen LogP contribution in [-0.2, 0) is 35.1 Å². The van der Waals surface area contributed by atoms with Gasteiger partial charge in [-0.05, 0) is 32.1 Å². The maximum Gasteiger partial charge on any atom is 0.351 e. The Morgan fingerprint density at radius 1 is 1.39 bits per heavy atom. The molecule has 160 valence electrons. The highest BCUT2D eigenvalue weighted by Gasteiger charge is 2.49. The van der Waals surface area contributed by atoms with Gasteiger partial charge in [0.15, 0.2) is 6.23 Å². The zero-order valence-corrected chi connectivity index (χ0v) is 18.2. The van der Waals surface area contributed by atoms with Crippen molar-refractivity contribution in [2.24, 2.45) is 0 Å². The van der Waals surface area contributed by atoms with Crippen molar-refractivity contribution < 1.29 is 28.2 Å². The number of hydrogen-bond acceptors (Lipinski definition) is 9. The Kier molecular flexibility index (Phi) is 8.53. The Balaban J connectivity index is 2.39. The van der Waals surface area contributed by atoms with Gasteiger partial charge in [-0.3, -0.25) is 9.09 Å². The average Bonchev–Trinajstić information content (AvgIpc) is 2.95. The molecule has 2 heterocycles. The van der Waals surface area contributed by atoms with Gasteiger partial charge in [-0.15, -0.1) is 0 Å². The molecule has 3 N–H and O–H groups in total. The first kappa shape index (κ1) is 23.4. The van der Waals surface area contributed by atoms with E-state index in [2.05, 4.69) is 4.98 Å². The molecule has 1 aromatic heterocycles. The van der Waals surface area contributed by atoms with Gasteiger partial charge in [-0.2, -0.15) is 4.98 Å². The third-order valence-electron chi connectivity index (χ3n) is 4.28. The molecule has 1 fully saturated rings. The Labute approximate surface area is 169 Å². The molecule has 0 spiro atoms. The molecule has 0 radical (unpaired) electrons. The first-order valence-corrected chi connectivity index (χ1v) is 11.6. The minimum absolute atomic E-state index is 0.151. The highest BCUT2D eigenvalue weighted by molar-refractivity contribution is 8.07. The Morgan fingerprint density at radius 2 is 2.11 bits per heavy atom. The maximum atomic E-state index is 12.4. The summed E-state index contributed by atoms with van der Waals surface area (Å²) in [6, 6.07) is 0. The van der Waals surface area contributed by atoms with Gasteiger partial charge in [-0.1, -0.05) is 6.92 Å². The van der Waals surface area contributed by atoms with Crippen LogP contribution in [0.2, 0.25) is 0 Å². The standard InChI is InChI=1S/C16H28N3O7PS/c1-5-11-12(26-27(21,28)24-6-2)13(23-8-7-22-4)15(25-11)19-9-10(3)14(17)18-16(19)20/h9,11-13,15H,5-8H2,1-4H3,(H,21,28)(H2,17,18,20)/t11-,12?,13+,15-,27?/m1/s1. The number of methoxy groups -OCH3 is 1. The predicted molar refractivity (Wildman–Crippen MR) is 106 cm³/mol. The average molecular weight is 437 g/mol. The molecule has 1 aromatic rings. The van der Waals surface area contributed by atoms with Crippen molar-refractivity contribution in [1.29, 1.82) is 0 Å². The van der Waals surface area contributed by atoms with Crippen LogP contribution >= 0.6 is 6.72 Å². The van der Waals surface area contributed by atoms with Gasteiger partial charge in [0.2, 0.25) is 0 Å². The van der Waals surface area contributed by atoms with Gasteiger partial charge in [0.25, 0.3) is 0 Å². The highest BCUT2D eigenvalue weighted by atomic mass is 32.5. The molecule has 2 unspecified atom stereocenters. The highest BCUT2D eigenvalue weighted by Crippen LogP contribution is 2.49. The molecule has 10 nitrogen and oxygen atoms in total. The van der Waals surface area contributed by atoms with Gasteiger partial charge >= 0.3 is 12.4 Å². The number of ether oxygens (including phenoxy) is 3. The summed E-state index contributed by atoms with van der Waals surface area (Å²) < 4.78 is 29.2. The molecular formula is C16H28N3O7PS. The quantitative estimate of drug-likeness (QED) is 0.406. The van der Waals surface area contributed by atoms with Gasteiger partial charge in [0, 0.05) is 18.9 Å². The van der Waals surface area contributed by atoms with Crippen LogP contribution in [0.15, 0.2) is 11.0 Å². The zero-order valence-electron chi connectivity index (χ0n) is 16.4. The van der Waals surface area contributed by atoms with E-state index in [0.29, 0.717) is 18.6 Å². The lowest BCUT2D eigenvalue weighted by atomic mass is 10.1. The molecule has 1 aliphatic rings. The van der Waals surface area contributed by atoms with E-state index in [4.69, 9.17) is 40.8 Å². The third-order valence-corrected chi connectivity index (χ3v) is 5.95. The van der Waals surface area contributed by atoms with E-state index in [1.165, 1.54) is 4.57 Å². The number of hydrogen-bond donors (Lipinski definition) is 2. The molecule has 0 amide bonds. The van der Waals surface area contributed by atoms with E-state index >= 15 is 0 Å². The van der Waals surface area contributed by atoms with Crippen molar-refractivity contribution in [2.75, 3.05) is 32.7 Å². The van der Waals surface area contributed by atoms with Crippen LogP contribution in [-0.4, -0.2) is 59.7 Å². The van der Waals surface area contributed by atoms with E-state index in [1.807, 2.05) is 6.92 Å². The molecule has 1 saturated heterocycles. The van der Waals surface area contributed by atoms with Crippen molar-refractivity contribution in [1.82, 2.24) is 9.55 Å². The van der Waals surface area contributed by atoms with Crippen LogP contribution in [0.5, 0.6) is 0 Å². The first-order valence-electron chi connectivity index (χ1n) is 9.01. The lowest BCUT2D eigenvalue weighted by molar-refractivity contribution is -0.0786. The smallest absolute Gasteiger partial charge is 0.351 e. The summed E-state index contributed by atoms with van der Waals surface area (Å²) in [6.45, 7) is 2.62. The van der Waals surface area contributed by atoms with Gasteiger partial charge < -0.3 is 29.4 Å². The summed E-state index contributed by atoms with van der Waals surface area (Å²) in [7, 11) is 1.55. The SMILES string of the molecule is CCOP(O)(=S)OC1[C@@H](CC)O[C@@H](n2cc(C)c(N)nc2=O)[C@H]1OCCOC. The second kappa shape index (κ2) is 10.2. The second-order valence-corrected chi connectivity index (χ2v) is 9.05. The van der Waals surface area contributed by atoms with Crippen LogP contribution in [0.25, 0.3) is 0 Å². The number of aromatic nitrogens is 2. The Morgan fingerprint density at radius 3 is 2.71 bits per heavy atom. The molecular weight excluding hydrogens is 409 g/mol. The van der Waals surface area contributed by atoms with E-state index in [1.54, 1.807) is 27.2 Å². The monoisotopic (exact) mass is 437 g/mol. The summed E-state index contributed by atoms with van der Waals surface area (Å²) in [5, 5.41) is 0. The predicted octanol–water partition coefficient (Wildman–Crippen LogP) is 1.11. The number of anilines is 1. The topological polar surface area (TPSA) is 127 Å². The van der Waals surface area contributed by atoms with Crippen molar-refractivity contribution in [3.8, 4) is 0 Å². The number of nitrogens with zero attached hydrogens (tertiary/aromatic N) is 2. The molecule has 0 aromatic carbocycles. The molecule has 28 heavy (non-hydrogen) atoms. The van der Waals surface area contributed by atoms with E-state index < -0.39 is 36.9 Å². The zero-order chi connectivity index (χ0) is 20.9. The fourth-order valence-electron chi connectivity index (χ4n) is 2.94. The van der Waals surface area contributed by atoms with Gasteiger partial charge in [-0.25, -0.2) is 4.79 Å². The summed E-state index contributed by atoms with van der Waals surface area (Å²) in [5.74, 6) is 0.151. The fourth-order valence-corrected chi connectivity index (χ4v) is 4.51. The lowest BCUT2D eigenvalue weighted by Crippen LogP contribution is -2.39. The number of nitrogens with two attached hydrogens (primary N) is 1. The molecule has 1 aliphatic heterocycles. The van der Waals surface area contributed by atoms with E-state index in [-0.39, 0.29) is 19.0 Å². The number of aryl methyl sites for hydroxylation is 1. The Bertz CT molecular complexity index is 762. The summed E-state index contributed by atoms with van der Waals surface area (Å²) in [5.41, 5.74) is 5.77. The fraction of sp³-hybridized carbons (Fsp3) is 0.750. The maximum absolute atomic E-state index is 12.4. The van der Waals surface area contributed by atoms with Crippen molar-refractivity contribution in [2.45, 2.75) is 51.7 Å². The van der Waals surface area contributed by atoms with Crippen LogP contribution in [0.1, 0.15) is 32.1 Å². The van der Waals surface area contributed by atoms with Crippen molar-refractivity contribution >= 4 is 24.3 Å². The normalized spacial score (nSPS) is 27.0. The Hall–Kier alpha value is -0.910. The van der Waals surface area contributed by atoms with Crippen molar-refractivity contribution in [3.63, 3.8) is 0 Å². The van der Waals surface area contributed by atoms with Crippen LogP contribution in [0, 0.1) is 6.92 Å². The molecule has 0 aliphatic carbocycles. The van der Waals surface area contributed by atoms with E-state index in [0.717, 1.165) is 0 Å². The number of rotatable bonds is 10. The molecule has 0 saturated carbocycles. The largest absolute Gasteiger partial charge is 0.383 e. The van der Waals surface area contributed by atoms with Crippen molar-refractivity contribution in [3.05, 3.63) is 22.2 Å². The van der Waals surface area contributed by atoms with Crippen LogP contribution in [0.4, 0.5) is 5.82 Å². The number of nitrogen functional groups attached to an aromatic ring is 1.